The fraction of sp³-hybridized carbons (Fsp3) is 0.176. The van der Waals surface area contributed by atoms with Gasteiger partial charge in [0.15, 0.2) is 0 Å². The first kappa shape index (κ1) is 17.1. The number of non-ortho nitro benzene ring substituents is 1. The van der Waals surface area contributed by atoms with Crippen molar-refractivity contribution in [3.63, 3.8) is 0 Å². The molecule has 7 nitrogen and oxygen atoms in total. The first-order chi connectivity index (χ1) is 12.0. The first-order valence-electron chi connectivity index (χ1n) is 7.45. The summed E-state index contributed by atoms with van der Waals surface area (Å²) in [6.45, 7) is 0.778. The highest BCUT2D eigenvalue weighted by Gasteiger charge is 2.25. The van der Waals surface area contributed by atoms with Gasteiger partial charge in [-0.05, 0) is 24.3 Å². The number of fused-ring (bicyclic) bond motifs is 1. The van der Waals surface area contributed by atoms with Crippen LogP contribution in [0.25, 0.3) is 0 Å². The molecule has 0 unspecified atom stereocenters. The van der Waals surface area contributed by atoms with E-state index < -0.39 is 4.92 Å². The van der Waals surface area contributed by atoms with Gasteiger partial charge in [-0.25, -0.2) is 0 Å². The van der Waals surface area contributed by atoms with E-state index in [9.17, 15) is 14.9 Å². The standard InChI is InChI=1S/C17H14BrN3O4/c1-25-16-5-2-12(18)9-14(16)17(22)20-7-6-19-10-11-8-13(21(23)24)3-4-15(11)20/h2-5,8-10H,6-7H2,1H3. The lowest BCUT2D eigenvalue weighted by molar-refractivity contribution is -0.384. The highest BCUT2D eigenvalue weighted by molar-refractivity contribution is 9.10. The summed E-state index contributed by atoms with van der Waals surface area (Å²) in [6.07, 6.45) is 1.56. The van der Waals surface area contributed by atoms with Gasteiger partial charge in [-0.2, -0.15) is 0 Å². The minimum atomic E-state index is -0.470. The Morgan fingerprint density at radius 3 is 2.84 bits per heavy atom. The van der Waals surface area contributed by atoms with Crippen LogP contribution >= 0.6 is 15.9 Å². The van der Waals surface area contributed by atoms with Crippen LogP contribution in [0.5, 0.6) is 5.75 Å². The fourth-order valence-corrected chi connectivity index (χ4v) is 3.01. The Morgan fingerprint density at radius 1 is 1.32 bits per heavy atom. The third-order valence-corrected chi connectivity index (χ3v) is 4.33. The average Bonchev–Trinajstić information content (AvgIpc) is 2.82. The SMILES string of the molecule is COc1ccc(Br)cc1C(=O)N1CCN=Cc2cc([N+](=O)[O-])ccc21. The maximum absolute atomic E-state index is 13.1. The molecule has 0 N–H and O–H groups in total. The van der Waals surface area contributed by atoms with E-state index in [4.69, 9.17) is 4.74 Å². The maximum atomic E-state index is 13.1. The van der Waals surface area contributed by atoms with Crippen LogP contribution in [0.3, 0.4) is 0 Å². The van der Waals surface area contributed by atoms with Gasteiger partial charge in [0, 0.05) is 34.9 Å². The van der Waals surface area contributed by atoms with Gasteiger partial charge in [0.2, 0.25) is 0 Å². The number of nitrogens with zero attached hydrogens (tertiary/aromatic N) is 3. The summed E-state index contributed by atoms with van der Waals surface area (Å²) in [5.74, 6) is 0.209. The van der Waals surface area contributed by atoms with Crippen molar-refractivity contribution >= 4 is 39.4 Å². The molecule has 0 saturated heterocycles. The van der Waals surface area contributed by atoms with Crippen LogP contribution in [0.1, 0.15) is 15.9 Å². The van der Waals surface area contributed by atoms with E-state index in [0.717, 1.165) is 4.47 Å². The van der Waals surface area contributed by atoms with Crippen molar-refractivity contribution in [2.24, 2.45) is 4.99 Å². The molecule has 128 valence electrons. The molecular formula is C17H14BrN3O4. The minimum absolute atomic E-state index is 0.0421. The summed E-state index contributed by atoms with van der Waals surface area (Å²) in [4.78, 5) is 29.4. The van der Waals surface area contributed by atoms with E-state index in [2.05, 4.69) is 20.9 Å². The summed E-state index contributed by atoms with van der Waals surface area (Å²) in [7, 11) is 1.50. The number of carbonyl (C=O) groups is 1. The fourth-order valence-electron chi connectivity index (χ4n) is 2.65. The zero-order chi connectivity index (χ0) is 18.0. The second-order valence-electron chi connectivity index (χ2n) is 5.34. The number of rotatable bonds is 3. The molecule has 1 amide bonds. The summed E-state index contributed by atoms with van der Waals surface area (Å²) in [5.41, 5.74) is 1.48. The number of ether oxygens (including phenoxy) is 1. The van der Waals surface area contributed by atoms with Gasteiger partial charge in [0.25, 0.3) is 11.6 Å². The second-order valence-corrected chi connectivity index (χ2v) is 6.25. The van der Waals surface area contributed by atoms with E-state index in [1.807, 2.05) is 0 Å². The third kappa shape index (κ3) is 3.39. The predicted octanol–water partition coefficient (Wildman–Crippen LogP) is 3.45. The van der Waals surface area contributed by atoms with Gasteiger partial charge in [-0.3, -0.25) is 19.9 Å². The van der Waals surface area contributed by atoms with Crippen LogP contribution in [0, 0.1) is 10.1 Å². The van der Waals surface area contributed by atoms with Crippen molar-refractivity contribution in [2.45, 2.75) is 0 Å². The number of nitro benzene ring substituents is 1. The van der Waals surface area contributed by atoms with Gasteiger partial charge in [-0.15, -0.1) is 0 Å². The van der Waals surface area contributed by atoms with Crippen LogP contribution in [0.4, 0.5) is 11.4 Å². The Kier molecular flexibility index (Phi) is 4.80. The molecule has 1 aliphatic rings. The summed E-state index contributed by atoms with van der Waals surface area (Å²) >= 11 is 3.36. The Bertz CT molecular complexity index is 882. The van der Waals surface area contributed by atoms with E-state index in [1.54, 1.807) is 35.4 Å². The van der Waals surface area contributed by atoms with Crippen molar-refractivity contribution in [3.05, 3.63) is 62.1 Å². The molecule has 2 aromatic rings. The number of nitro groups is 1. The number of methoxy groups -OCH3 is 1. The highest BCUT2D eigenvalue weighted by atomic mass is 79.9. The molecule has 2 aromatic carbocycles. The number of hydrogen-bond acceptors (Lipinski definition) is 5. The van der Waals surface area contributed by atoms with Gasteiger partial charge in [0.1, 0.15) is 5.75 Å². The number of carbonyl (C=O) groups excluding carboxylic acids is 1. The van der Waals surface area contributed by atoms with E-state index in [0.29, 0.717) is 35.7 Å². The molecule has 25 heavy (non-hydrogen) atoms. The van der Waals surface area contributed by atoms with E-state index in [-0.39, 0.29) is 11.6 Å². The largest absolute Gasteiger partial charge is 0.496 e. The lowest BCUT2D eigenvalue weighted by Gasteiger charge is -2.23. The molecule has 0 spiro atoms. The maximum Gasteiger partial charge on any atom is 0.270 e. The van der Waals surface area contributed by atoms with Gasteiger partial charge >= 0.3 is 0 Å². The molecule has 0 bridgehead atoms. The number of aliphatic imine (C=N–C) groups is 1. The molecular weight excluding hydrogens is 390 g/mol. The van der Waals surface area contributed by atoms with Gasteiger partial charge in [-0.1, -0.05) is 15.9 Å². The second kappa shape index (κ2) is 7.02. The predicted molar refractivity (Wildman–Crippen MR) is 97.9 cm³/mol. The van der Waals surface area contributed by atoms with Gasteiger partial charge < -0.3 is 9.64 Å². The zero-order valence-corrected chi connectivity index (χ0v) is 14.9. The lowest BCUT2D eigenvalue weighted by Crippen LogP contribution is -2.33. The molecule has 3 rings (SSSR count). The zero-order valence-electron chi connectivity index (χ0n) is 13.3. The van der Waals surface area contributed by atoms with Crippen LogP contribution in [-0.4, -0.2) is 37.2 Å². The highest BCUT2D eigenvalue weighted by Crippen LogP contribution is 2.30. The number of amides is 1. The van der Waals surface area contributed by atoms with Crippen LogP contribution in [0.2, 0.25) is 0 Å². The van der Waals surface area contributed by atoms with Crippen molar-refractivity contribution in [2.75, 3.05) is 25.1 Å². The molecule has 0 atom stereocenters. The molecule has 1 aliphatic heterocycles. The Labute approximate surface area is 152 Å². The number of halogens is 1. The number of anilines is 1. The van der Waals surface area contributed by atoms with Crippen molar-refractivity contribution < 1.29 is 14.5 Å². The number of benzodiazepines with no additional fused rings is 1. The Hall–Kier alpha value is -2.74. The summed E-state index contributed by atoms with van der Waals surface area (Å²) < 4.78 is 6.05. The number of benzene rings is 2. The number of hydrogen-bond donors (Lipinski definition) is 0. The molecule has 0 fully saturated rings. The molecule has 0 aromatic heterocycles. The quantitative estimate of drug-likeness (QED) is 0.580. The summed E-state index contributed by atoms with van der Waals surface area (Å²) in [6, 6.07) is 9.57. The molecule has 8 heteroatoms. The van der Waals surface area contributed by atoms with Crippen molar-refractivity contribution in [1.29, 1.82) is 0 Å². The monoisotopic (exact) mass is 403 g/mol. The lowest BCUT2D eigenvalue weighted by atomic mass is 10.1. The van der Waals surface area contributed by atoms with Crippen molar-refractivity contribution in [1.82, 2.24) is 0 Å². The van der Waals surface area contributed by atoms with Gasteiger partial charge in [0.05, 0.1) is 29.8 Å². The van der Waals surface area contributed by atoms with E-state index >= 15 is 0 Å². The Morgan fingerprint density at radius 2 is 2.12 bits per heavy atom. The van der Waals surface area contributed by atoms with Crippen LogP contribution < -0.4 is 9.64 Å². The van der Waals surface area contributed by atoms with Crippen molar-refractivity contribution in [3.8, 4) is 5.75 Å². The first-order valence-corrected chi connectivity index (χ1v) is 8.24. The van der Waals surface area contributed by atoms with Crippen LogP contribution in [-0.2, 0) is 0 Å². The molecule has 0 saturated carbocycles. The Balaban J connectivity index is 2.06. The van der Waals surface area contributed by atoms with Crippen LogP contribution in [0.15, 0.2) is 45.9 Å². The molecule has 1 heterocycles. The average molecular weight is 404 g/mol. The third-order valence-electron chi connectivity index (χ3n) is 3.83. The smallest absolute Gasteiger partial charge is 0.270 e. The van der Waals surface area contributed by atoms with E-state index in [1.165, 1.54) is 19.2 Å². The normalized spacial score (nSPS) is 13.1. The topological polar surface area (TPSA) is 85.0 Å². The molecule has 0 aliphatic carbocycles. The molecule has 0 radical (unpaired) electrons. The minimum Gasteiger partial charge on any atom is -0.496 e. The summed E-state index contributed by atoms with van der Waals surface area (Å²) in [5, 5.41) is 11.0.